The van der Waals surface area contributed by atoms with Gasteiger partial charge in [0.25, 0.3) is 0 Å². The van der Waals surface area contributed by atoms with Crippen LogP contribution in [-0.2, 0) is 13.0 Å². The van der Waals surface area contributed by atoms with Crippen LogP contribution >= 0.6 is 0 Å². The summed E-state index contributed by atoms with van der Waals surface area (Å²) in [7, 11) is 0. The Morgan fingerprint density at radius 3 is 2.47 bits per heavy atom. The molecule has 90 valence electrons. The van der Waals surface area contributed by atoms with E-state index < -0.39 is 0 Å². The van der Waals surface area contributed by atoms with Gasteiger partial charge >= 0.3 is 0 Å². The van der Waals surface area contributed by atoms with Crippen LogP contribution in [0.1, 0.15) is 25.1 Å². The van der Waals surface area contributed by atoms with E-state index in [9.17, 15) is 0 Å². The Bertz CT molecular complexity index is 468. The lowest BCUT2D eigenvalue weighted by Gasteiger charge is -2.05. The van der Waals surface area contributed by atoms with Gasteiger partial charge in [-0.1, -0.05) is 38.1 Å². The fraction of sp³-hybridized carbons (Fsp3) is 0.357. The van der Waals surface area contributed by atoms with E-state index in [1.165, 1.54) is 5.56 Å². The van der Waals surface area contributed by atoms with Gasteiger partial charge in [0.2, 0.25) is 0 Å². The van der Waals surface area contributed by atoms with E-state index >= 15 is 0 Å². The zero-order valence-corrected chi connectivity index (χ0v) is 10.4. The number of aromatic nitrogens is 2. The molecule has 1 aromatic heterocycles. The molecule has 0 saturated heterocycles. The Morgan fingerprint density at radius 2 is 1.94 bits per heavy atom. The maximum absolute atomic E-state index is 5.55. The maximum Gasteiger partial charge on any atom is 0.0924 e. The highest BCUT2D eigenvalue weighted by molar-refractivity contribution is 5.59. The van der Waals surface area contributed by atoms with Crippen molar-refractivity contribution < 1.29 is 0 Å². The second kappa shape index (κ2) is 5.15. The van der Waals surface area contributed by atoms with Crippen LogP contribution in [0.2, 0.25) is 0 Å². The van der Waals surface area contributed by atoms with E-state index in [4.69, 9.17) is 5.73 Å². The van der Waals surface area contributed by atoms with Gasteiger partial charge in [-0.3, -0.25) is 5.10 Å². The minimum atomic E-state index is 0.498. The number of hydrogen-bond acceptors (Lipinski definition) is 2. The van der Waals surface area contributed by atoms with Crippen LogP contribution in [0.3, 0.4) is 0 Å². The number of nitrogens with zero attached hydrogens (tertiary/aromatic N) is 1. The summed E-state index contributed by atoms with van der Waals surface area (Å²) in [5.41, 5.74) is 9.98. The molecule has 0 aliphatic heterocycles. The minimum Gasteiger partial charge on any atom is -0.325 e. The monoisotopic (exact) mass is 229 g/mol. The average Bonchev–Trinajstić information content (AvgIpc) is 2.78. The molecule has 0 aliphatic rings. The number of nitrogens with two attached hydrogens (primary N) is 1. The molecule has 0 fully saturated rings. The molecule has 0 unspecified atom stereocenters. The quantitative estimate of drug-likeness (QED) is 0.847. The predicted molar refractivity (Wildman–Crippen MR) is 70.5 cm³/mol. The van der Waals surface area contributed by atoms with Gasteiger partial charge in [-0.05, 0) is 24.0 Å². The summed E-state index contributed by atoms with van der Waals surface area (Å²) in [6.45, 7) is 4.96. The first kappa shape index (κ1) is 11.9. The van der Waals surface area contributed by atoms with E-state index in [-0.39, 0.29) is 0 Å². The van der Waals surface area contributed by atoms with Gasteiger partial charge in [0, 0.05) is 17.8 Å². The van der Waals surface area contributed by atoms with Crippen LogP contribution in [0.4, 0.5) is 0 Å². The fourth-order valence-corrected chi connectivity index (χ4v) is 1.90. The third kappa shape index (κ3) is 2.94. The standard InChI is InChI=1S/C14H19N3/c1-10(2)7-11-3-5-12(6-4-11)14-8-13(9-15)16-17-14/h3-6,8,10H,7,9,15H2,1-2H3,(H,16,17). The third-order valence-electron chi connectivity index (χ3n) is 2.74. The molecule has 0 amide bonds. The van der Waals surface area contributed by atoms with Crippen LogP contribution in [0.25, 0.3) is 11.3 Å². The van der Waals surface area contributed by atoms with E-state index in [1.807, 2.05) is 6.07 Å². The van der Waals surface area contributed by atoms with Gasteiger partial charge in [0.1, 0.15) is 0 Å². The third-order valence-corrected chi connectivity index (χ3v) is 2.74. The Morgan fingerprint density at radius 1 is 1.24 bits per heavy atom. The summed E-state index contributed by atoms with van der Waals surface area (Å²) >= 11 is 0. The molecule has 0 bridgehead atoms. The first-order valence-corrected chi connectivity index (χ1v) is 6.02. The van der Waals surface area contributed by atoms with Crippen molar-refractivity contribution in [2.24, 2.45) is 11.7 Å². The summed E-state index contributed by atoms with van der Waals surface area (Å²) < 4.78 is 0. The Hall–Kier alpha value is -1.61. The molecule has 0 atom stereocenters. The molecule has 3 N–H and O–H groups in total. The van der Waals surface area contributed by atoms with Crippen molar-refractivity contribution in [3.8, 4) is 11.3 Å². The van der Waals surface area contributed by atoms with Gasteiger partial charge in [-0.25, -0.2) is 0 Å². The highest BCUT2D eigenvalue weighted by Crippen LogP contribution is 2.19. The zero-order chi connectivity index (χ0) is 12.3. The first-order valence-electron chi connectivity index (χ1n) is 6.02. The fourth-order valence-electron chi connectivity index (χ4n) is 1.90. The van der Waals surface area contributed by atoms with Crippen LogP contribution in [0, 0.1) is 5.92 Å². The topological polar surface area (TPSA) is 54.7 Å². The number of H-pyrrole nitrogens is 1. The van der Waals surface area contributed by atoms with Crippen molar-refractivity contribution in [1.29, 1.82) is 0 Å². The molecule has 1 aromatic carbocycles. The number of hydrogen-bond donors (Lipinski definition) is 2. The Balaban J connectivity index is 2.17. The van der Waals surface area contributed by atoms with Crippen molar-refractivity contribution in [3.05, 3.63) is 41.6 Å². The molecule has 0 saturated carbocycles. The second-order valence-electron chi connectivity index (χ2n) is 4.78. The van der Waals surface area contributed by atoms with Crippen LogP contribution in [-0.4, -0.2) is 10.2 Å². The summed E-state index contributed by atoms with van der Waals surface area (Å²) in [6, 6.07) is 10.6. The molecule has 3 heteroatoms. The first-order chi connectivity index (χ1) is 8.19. The lowest BCUT2D eigenvalue weighted by atomic mass is 10.0. The lowest BCUT2D eigenvalue weighted by Crippen LogP contribution is -1.95. The van der Waals surface area contributed by atoms with Gasteiger partial charge in [0.05, 0.1) is 5.69 Å². The Labute approximate surface area is 102 Å². The van der Waals surface area contributed by atoms with Crippen molar-refractivity contribution >= 4 is 0 Å². The normalized spacial score (nSPS) is 11.1. The predicted octanol–water partition coefficient (Wildman–Crippen LogP) is 2.73. The molecular formula is C14H19N3. The number of rotatable bonds is 4. The van der Waals surface area contributed by atoms with Gasteiger partial charge in [-0.2, -0.15) is 5.10 Å². The summed E-state index contributed by atoms with van der Waals surface area (Å²) in [5.74, 6) is 0.690. The summed E-state index contributed by atoms with van der Waals surface area (Å²) in [5, 5.41) is 7.17. The van der Waals surface area contributed by atoms with Gasteiger partial charge < -0.3 is 5.73 Å². The molecule has 2 rings (SSSR count). The molecule has 2 aromatic rings. The average molecular weight is 229 g/mol. The Kier molecular flexibility index (Phi) is 3.59. The number of nitrogens with one attached hydrogen (secondary N) is 1. The molecular weight excluding hydrogens is 210 g/mol. The SMILES string of the molecule is CC(C)Cc1ccc(-c2cc(CN)[nH]n2)cc1. The van der Waals surface area contributed by atoms with Crippen molar-refractivity contribution in [2.75, 3.05) is 0 Å². The minimum absolute atomic E-state index is 0.498. The highest BCUT2D eigenvalue weighted by atomic mass is 15.1. The van der Waals surface area contributed by atoms with E-state index in [0.717, 1.165) is 23.4 Å². The zero-order valence-electron chi connectivity index (χ0n) is 10.4. The molecule has 17 heavy (non-hydrogen) atoms. The molecule has 0 aliphatic carbocycles. The smallest absolute Gasteiger partial charge is 0.0924 e. The molecule has 3 nitrogen and oxygen atoms in total. The van der Waals surface area contributed by atoms with E-state index in [0.29, 0.717) is 12.5 Å². The highest BCUT2D eigenvalue weighted by Gasteiger charge is 2.03. The van der Waals surface area contributed by atoms with Gasteiger partial charge in [0.15, 0.2) is 0 Å². The maximum atomic E-state index is 5.55. The molecule has 1 heterocycles. The van der Waals surface area contributed by atoms with E-state index in [2.05, 4.69) is 48.3 Å². The summed E-state index contributed by atoms with van der Waals surface area (Å²) in [4.78, 5) is 0. The largest absolute Gasteiger partial charge is 0.325 e. The van der Waals surface area contributed by atoms with Crippen molar-refractivity contribution in [3.63, 3.8) is 0 Å². The van der Waals surface area contributed by atoms with Crippen molar-refractivity contribution in [2.45, 2.75) is 26.8 Å². The lowest BCUT2D eigenvalue weighted by molar-refractivity contribution is 0.647. The molecule has 0 radical (unpaired) electrons. The second-order valence-corrected chi connectivity index (χ2v) is 4.78. The van der Waals surface area contributed by atoms with Gasteiger partial charge in [-0.15, -0.1) is 0 Å². The van der Waals surface area contributed by atoms with Crippen LogP contribution in [0.5, 0.6) is 0 Å². The number of benzene rings is 1. The summed E-state index contributed by atoms with van der Waals surface area (Å²) in [6.07, 6.45) is 1.12. The van der Waals surface area contributed by atoms with Crippen molar-refractivity contribution in [1.82, 2.24) is 10.2 Å². The van der Waals surface area contributed by atoms with Crippen LogP contribution < -0.4 is 5.73 Å². The van der Waals surface area contributed by atoms with E-state index in [1.54, 1.807) is 0 Å². The number of aromatic amines is 1. The molecule has 0 spiro atoms. The van der Waals surface area contributed by atoms with Crippen LogP contribution in [0.15, 0.2) is 30.3 Å².